The molecule has 9 heteroatoms. The number of nitrogens with zero attached hydrogens (tertiary/aromatic N) is 2. The van der Waals surface area contributed by atoms with Crippen LogP contribution in [0, 0.1) is 23.6 Å². The smallest absolute Gasteiger partial charge is 0.409 e. The Kier molecular flexibility index (Phi) is 14.3. The minimum atomic E-state index is -0.658. The van der Waals surface area contributed by atoms with Crippen molar-refractivity contribution in [2.75, 3.05) is 33.8 Å². The zero-order chi connectivity index (χ0) is 34.6. The summed E-state index contributed by atoms with van der Waals surface area (Å²) >= 11 is 0. The summed E-state index contributed by atoms with van der Waals surface area (Å²) in [5, 5.41) is 6.50. The molecule has 2 aromatic carbocycles. The lowest BCUT2D eigenvalue weighted by molar-refractivity contribution is -0.139. The summed E-state index contributed by atoms with van der Waals surface area (Å²) in [4.78, 5) is 41.6. The number of hydrogen-bond donors (Lipinski definition) is 2. The van der Waals surface area contributed by atoms with Crippen LogP contribution in [-0.4, -0.2) is 73.6 Å². The largest absolute Gasteiger partial charge is 0.447 e. The molecule has 3 unspecified atom stereocenters. The molecule has 48 heavy (non-hydrogen) atoms. The SMILES string of the molecule is CC.CC1COC(=O)N1C.CNC1c2ccccc2CCC1C(=O)N[C@H](Cc1ccc(F)cc1)C(=O)N1CCC(C2CCCCC2)CC1. The molecule has 4 atom stereocenters. The van der Waals surface area contributed by atoms with Crippen LogP contribution in [0.2, 0.25) is 0 Å². The Hall–Kier alpha value is -3.46. The van der Waals surface area contributed by atoms with E-state index in [4.69, 9.17) is 0 Å². The number of carbonyl (C=O) groups is 3. The van der Waals surface area contributed by atoms with E-state index in [2.05, 4.69) is 27.5 Å². The van der Waals surface area contributed by atoms with Crippen LogP contribution in [0.15, 0.2) is 48.5 Å². The topological polar surface area (TPSA) is 91.0 Å². The number of piperidine rings is 1. The van der Waals surface area contributed by atoms with Crippen LogP contribution >= 0.6 is 0 Å². The van der Waals surface area contributed by atoms with Gasteiger partial charge in [-0.25, -0.2) is 9.18 Å². The van der Waals surface area contributed by atoms with Crippen molar-refractivity contribution < 1.29 is 23.5 Å². The van der Waals surface area contributed by atoms with Gasteiger partial charge in [-0.2, -0.15) is 0 Å². The van der Waals surface area contributed by atoms with Gasteiger partial charge in [-0.1, -0.05) is 82.3 Å². The number of likely N-dealkylation sites (N-methyl/N-ethyl adjacent to an activating group) is 1. The zero-order valence-corrected chi connectivity index (χ0v) is 29.7. The number of fused-ring (bicyclic) bond motifs is 1. The molecule has 6 rings (SSSR count). The van der Waals surface area contributed by atoms with E-state index < -0.39 is 6.04 Å². The second kappa shape index (κ2) is 18.3. The average molecular weight is 665 g/mol. The quantitative estimate of drug-likeness (QED) is 0.345. The number of hydrogen-bond acceptors (Lipinski definition) is 5. The maximum absolute atomic E-state index is 13.8. The van der Waals surface area contributed by atoms with E-state index >= 15 is 0 Å². The van der Waals surface area contributed by atoms with Crippen LogP contribution in [0.4, 0.5) is 9.18 Å². The summed E-state index contributed by atoms with van der Waals surface area (Å²) in [6, 6.07) is 14.0. The highest BCUT2D eigenvalue weighted by atomic mass is 19.1. The fourth-order valence-corrected chi connectivity index (χ4v) is 7.74. The highest BCUT2D eigenvalue weighted by molar-refractivity contribution is 5.89. The van der Waals surface area contributed by atoms with E-state index in [-0.39, 0.29) is 41.7 Å². The van der Waals surface area contributed by atoms with Crippen molar-refractivity contribution in [3.63, 3.8) is 0 Å². The lowest BCUT2D eigenvalue weighted by Gasteiger charge is -2.39. The number of halogens is 1. The minimum Gasteiger partial charge on any atom is -0.447 e. The maximum Gasteiger partial charge on any atom is 0.409 e. The van der Waals surface area contributed by atoms with E-state index in [1.807, 2.05) is 44.9 Å². The number of carbonyl (C=O) groups excluding carboxylic acids is 3. The molecule has 2 aliphatic carbocycles. The fraction of sp³-hybridized carbons (Fsp3) is 0.615. The average Bonchev–Trinajstić information content (AvgIpc) is 3.43. The predicted molar refractivity (Wildman–Crippen MR) is 188 cm³/mol. The predicted octanol–water partition coefficient (Wildman–Crippen LogP) is 6.68. The Balaban J connectivity index is 0.000000451. The van der Waals surface area contributed by atoms with Gasteiger partial charge < -0.3 is 25.2 Å². The summed E-state index contributed by atoms with van der Waals surface area (Å²) in [6.07, 6.45) is 10.5. The lowest BCUT2D eigenvalue weighted by atomic mass is 9.76. The number of nitrogens with one attached hydrogen (secondary N) is 2. The van der Waals surface area contributed by atoms with Crippen LogP contribution in [0.25, 0.3) is 0 Å². The van der Waals surface area contributed by atoms with Crippen molar-refractivity contribution in [2.24, 2.45) is 17.8 Å². The normalized spacial score (nSPS) is 23.5. The first kappa shape index (κ1) is 37.4. The third kappa shape index (κ3) is 9.58. The molecular formula is C39H57FN4O4. The van der Waals surface area contributed by atoms with Gasteiger partial charge in [0.1, 0.15) is 18.5 Å². The maximum atomic E-state index is 13.8. The number of aryl methyl sites for hydroxylation is 1. The monoisotopic (exact) mass is 664 g/mol. The van der Waals surface area contributed by atoms with Crippen molar-refractivity contribution in [3.05, 3.63) is 71.0 Å². The number of benzene rings is 2. The Morgan fingerprint density at radius 1 is 0.938 bits per heavy atom. The minimum absolute atomic E-state index is 0.0120. The molecule has 0 aromatic heterocycles. The molecule has 2 saturated heterocycles. The van der Waals surface area contributed by atoms with E-state index in [1.54, 1.807) is 24.1 Å². The first-order chi connectivity index (χ1) is 23.2. The molecule has 2 N–H and O–H groups in total. The van der Waals surface area contributed by atoms with E-state index in [0.717, 1.165) is 55.8 Å². The summed E-state index contributed by atoms with van der Waals surface area (Å²) in [7, 11) is 3.63. The summed E-state index contributed by atoms with van der Waals surface area (Å²) in [6.45, 7) is 8.00. The van der Waals surface area contributed by atoms with Crippen molar-refractivity contribution in [2.45, 2.75) is 103 Å². The van der Waals surface area contributed by atoms with Gasteiger partial charge in [0.2, 0.25) is 11.8 Å². The molecule has 3 amide bonds. The van der Waals surface area contributed by atoms with Crippen LogP contribution in [0.3, 0.4) is 0 Å². The number of ether oxygens (including phenoxy) is 1. The molecular weight excluding hydrogens is 607 g/mol. The van der Waals surface area contributed by atoms with Gasteiger partial charge in [0.25, 0.3) is 0 Å². The number of cyclic esters (lactones) is 1. The lowest BCUT2D eigenvalue weighted by Crippen LogP contribution is -2.54. The van der Waals surface area contributed by atoms with Gasteiger partial charge in [0.05, 0.1) is 12.0 Å². The summed E-state index contributed by atoms with van der Waals surface area (Å²) in [5.41, 5.74) is 3.28. The molecule has 2 aliphatic heterocycles. The zero-order valence-electron chi connectivity index (χ0n) is 29.7. The van der Waals surface area contributed by atoms with Crippen molar-refractivity contribution in [3.8, 4) is 0 Å². The molecule has 1 saturated carbocycles. The Bertz CT molecular complexity index is 1320. The van der Waals surface area contributed by atoms with Crippen molar-refractivity contribution in [1.29, 1.82) is 0 Å². The van der Waals surface area contributed by atoms with Crippen LogP contribution in [-0.2, 0) is 27.2 Å². The molecule has 264 valence electrons. The molecule has 3 fully saturated rings. The summed E-state index contributed by atoms with van der Waals surface area (Å²) < 4.78 is 18.2. The molecule has 4 aliphatic rings. The third-order valence-electron chi connectivity index (χ3n) is 10.7. The highest BCUT2D eigenvalue weighted by Crippen LogP contribution is 2.36. The second-order valence-electron chi connectivity index (χ2n) is 13.6. The van der Waals surface area contributed by atoms with E-state index in [0.29, 0.717) is 18.9 Å². The number of likely N-dealkylation sites (tertiary alicyclic amines) is 1. The third-order valence-corrected chi connectivity index (χ3v) is 10.7. The van der Waals surface area contributed by atoms with Crippen molar-refractivity contribution >= 4 is 17.9 Å². The first-order valence-electron chi connectivity index (χ1n) is 18.2. The number of amides is 3. The van der Waals surface area contributed by atoms with Gasteiger partial charge in [0, 0.05) is 32.6 Å². The highest BCUT2D eigenvalue weighted by Gasteiger charge is 2.37. The van der Waals surface area contributed by atoms with E-state index in [9.17, 15) is 18.8 Å². The Morgan fingerprint density at radius 3 is 2.17 bits per heavy atom. The van der Waals surface area contributed by atoms with Gasteiger partial charge in [-0.05, 0) is 80.3 Å². The molecule has 0 bridgehead atoms. The number of rotatable bonds is 7. The first-order valence-corrected chi connectivity index (χ1v) is 18.2. The van der Waals surface area contributed by atoms with Gasteiger partial charge in [-0.15, -0.1) is 0 Å². The van der Waals surface area contributed by atoms with Crippen LogP contribution in [0.5, 0.6) is 0 Å². The van der Waals surface area contributed by atoms with Gasteiger partial charge in [-0.3, -0.25) is 9.59 Å². The molecule has 0 spiro atoms. The second-order valence-corrected chi connectivity index (χ2v) is 13.6. The van der Waals surface area contributed by atoms with Gasteiger partial charge >= 0.3 is 6.09 Å². The Morgan fingerprint density at radius 2 is 1.58 bits per heavy atom. The summed E-state index contributed by atoms with van der Waals surface area (Å²) in [5.74, 6) is 0.864. The van der Waals surface area contributed by atoms with Crippen molar-refractivity contribution in [1.82, 2.24) is 20.4 Å². The Labute approximate surface area is 287 Å². The standard InChI is InChI=1S/C32H42FN3O2.C5H9NO2.C2H6/c1-34-30-27-10-6-5-9-25(27)13-16-28(30)31(37)35-29(21-22-11-14-26(33)15-12-22)32(38)36-19-17-24(18-20-36)23-7-3-2-4-8-23;1-4-3-8-5(7)6(4)2;1-2/h5-6,9-12,14-15,23-24,28-30,34H,2-4,7-8,13,16-21H2,1H3,(H,35,37);4H,3H2,1-2H3;1-2H3/t28?,29-,30?;;/m1../s1. The van der Waals surface area contributed by atoms with Gasteiger partial charge in [0.15, 0.2) is 0 Å². The van der Waals surface area contributed by atoms with Crippen LogP contribution < -0.4 is 10.6 Å². The molecule has 2 heterocycles. The van der Waals surface area contributed by atoms with E-state index in [1.165, 1.54) is 49.8 Å². The van der Waals surface area contributed by atoms with Crippen LogP contribution in [0.1, 0.15) is 94.9 Å². The molecule has 2 aromatic rings. The molecule has 0 radical (unpaired) electrons. The molecule has 8 nitrogen and oxygen atoms in total. The fourth-order valence-electron chi connectivity index (χ4n) is 7.74.